The van der Waals surface area contributed by atoms with Crippen molar-refractivity contribution in [2.24, 2.45) is 0 Å². The van der Waals surface area contributed by atoms with E-state index in [9.17, 15) is 0 Å². The SMILES string of the molecule is CCCOc1cccc(-c2ccc(CO)c(C)n2)c1. The van der Waals surface area contributed by atoms with Crippen molar-refractivity contribution >= 4 is 0 Å². The van der Waals surface area contributed by atoms with Crippen molar-refractivity contribution in [2.75, 3.05) is 6.61 Å². The summed E-state index contributed by atoms with van der Waals surface area (Å²) in [4.78, 5) is 4.52. The molecule has 2 rings (SSSR count). The van der Waals surface area contributed by atoms with Gasteiger partial charge in [0.2, 0.25) is 0 Å². The highest BCUT2D eigenvalue weighted by Gasteiger charge is 2.04. The molecule has 3 heteroatoms. The second-order valence-electron chi connectivity index (χ2n) is 4.48. The van der Waals surface area contributed by atoms with Crippen LogP contribution in [0, 0.1) is 6.92 Å². The van der Waals surface area contributed by atoms with Crippen molar-refractivity contribution in [1.82, 2.24) is 4.98 Å². The number of aromatic nitrogens is 1. The van der Waals surface area contributed by atoms with E-state index >= 15 is 0 Å². The van der Waals surface area contributed by atoms with Crippen LogP contribution in [0.1, 0.15) is 24.6 Å². The first-order chi connectivity index (χ1) is 9.24. The Morgan fingerprint density at radius 2 is 2.05 bits per heavy atom. The first-order valence-corrected chi connectivity index (χ1v) is 6.55. The molecule has 0 aliphatic heterocycles. The summed E-state index contributed by atoms with van der Waals surface area (Å²) in [6, 6.07) is 11.8. The molecule has 0 fully saturated rings. The molecule has 100 valence electrons. The zero-order chi connectivity index (χ0) is 13.7. The Kier molecular flexibility index (Phi) is 4.53. The molecule has 1 N–H and O–H groups in total. The molecule has 0 atom stereocenters. The minimum Gasteiger partial charge on any atom is -0.494 e. The highest BCUT2D eigenvalue weighted by Crippen LogP contribution is 2.23. The van der Waals surface area contributed by atoms with Crippen molar-refractivity contribution < 1.29 is 9.84 Å². The molecule has 19 heavy (non-hydrogen) atoms. The van der Waals surface area contributed by atoms with E-state index in [0.29, 0.717) is 0 Å². The van der Waals surface area contributed by atoms with Crippen molar-refractivity contribution in [3.63, 3.8) is 0 Å². The van der Waals surface area contributed by atoms with E-state index in [1.807, 2.05) is 43.3 Å². The van der Waals surface area contributed by atoms with Crippen LogP contribution in [0.2, 0.25) is 0 Å². The minimum absolute atomic E-state index is 0.0266. The van der Waals surface area contributed by atoms with Gasteiger partial charge in [0.05, 0.1) is 18.9 Å². The molecule has 0 unspecified atom stereocenters. The third-order valence-corrected chi connectivity index (χ3v) is 2.97. The number of aliphatic hydroxyl groups is 1. The van der Waals surface area contributed by atoms with Gasteiger partial charge in [-0.25, -0.2) is 0 Å². The lowest BCUT2D eigenvalue weighted by Gasteiger charge is -2.08. The lowest BCUT2D eigenvalue weighted by Crippen LogP contribution is -1.96. The molecule has 0 saturated heterocycles. The Balaban J connectivity index is 2.28. The summed E-state index contributed by atoms with van der Waals surface area (Å²) in [5.74, 6) is 0.866. The molecule has 3 nitrogen and oxygen atoms in total. The fraction of sp³-hybridized carbons (Fsp3) is 0.312. The van der Waals surface area contributed by atoms with Gasteiger partial charge in [-0.1, -0.05) is 25.1 Å². The van der Waals surface area contributed by atoms with Crippen LogP contribution in [0.15, 0.2) is 36.4 Å². The lowest BCUT2D eigenvalue weighted by atomic mass is 10.1. The maximum atomic E-state index is 9.16. The Bertz CT molecular complexity index is 552. The number of benzene rings is 1. The van der Waals surface area contributed by atoms with E-state index in [2.05, 4.69) is 11.9 Å². The maximum absolute atomic E-state index is 9.16. The summed E-state index contributed by atoms with van der Waals surface area (Å²) < 4.78 is 5.62. The van der Waals surface area contributed by atoms with E-state index in [1.165, 1.54) is 0 Å². The van der Waals surface area contributed by atoms with E-state index in [1.54, 1.807) is 0 Å². The summed E-state index contributed by atoms with van der Waals surface area (Å²) in [5.41, 5.74) is 3.65. The monoisotopic (exact) mass is 257 g/mol. The van der Waals surface area contributed by atoms with Gasteiger partial charge in [0.25, 0.3) is 0 Å². The standard InChI is InChI=1S/C16H19NO2/c1-3-9-19-15-6-4-5-13(10-15)16-8-7-14(11-18)12(2)17-16/h4-8,10,18H,3,9,11H2,1-2H3. The minimum atomic E-state index is 0.0266. The van der Waals surface area contributed by atoms with Crippen LogP contribution >= 0.6 is 0 Å². The molecule has 0 radical (unpaired) electrons. The van der Waals surface area contributed by atoms with Gasteiger partial charge in [0.15, 0.2) is 0 Å². The molecular formula is C16H19NO2. The summed E-state index contributed by atoms with van der Waals surface area (Å²) in [7, 11) is 0. The summed E-state index contributed by atoms with van der Waals surface area (Å²) in [6.45, 7) is 4.74. The zero-order valence-corrected chi connectivity index (χ0v) is 11.4. The van der Waals surface area contributed by atoms with Crippen LogP contribution in [-0.4, -0.2) is 16.7 Å². The predicted octanol–water partition coefficient (Wildman–Crippen LogP) is 3.34. The van der Waals surface area contributed by atoms with Gasteiger partial charge in [-0.3, -0.25) is 4.98 Å². The van der Waals surface area contributed by atoms with Crippen LogP contribution in [0.25, 0.3) is 11.3 Å². The fourth-order valence-electron chi connectivity index (χ4n) is 1.88. The molecule has 0 spiro atoms. The fourth-order valence-corrected chi connectivity index (χ4v) is 1.88. The summed E-state index contributed by atoms with van der Waals surface area (Å²) in [6.07, 6.45) is 0.993. The van der Waals surface area contributed by atoms with Gasteiger partial charge in [0, 0.05) is 11.3 Å². The van der Waals surface area contributed by atoms with E-state index < -0.39 is 0 Å². The Morgan fingerprint density at radius 3 is 2.74 bits per heavy atom. The van der Waals surface area contributed by atoms with Crippen molar-refractivity contribution in [3.8, 4) is 17.0 Å². The van der Waals surface area contributed by atoms with Crippen molar-refractivity contribution in [2.45, 2.75) is 26.9 Å². The van der Waals surface area contributed by atoms with E-state index in [0.717, 1.165) is 41.3 Å². The normalized spacial score (nSPS) is 10.5. The number of pyridine rings is 1. The van der Waals surface area contributed by atoms with Crippen molar-refractivity contribution in [3.05, 3.63) is 47.7 Å². The van der Waals surface area contributed by atoms with Crippen LogP contribution < -0.4 is 4.74 Å². The second-order valence-corrected chi connectivity index (χ2v) is 4.48. The average Bonchev–Trinajstić information content (AvgIpc) is 2.45. The van der Waals surface area contributed by atoms with Crippen LogP contribution in [0.4, 0.5) is 0 Å². The number of nitrogens with zero attached hydrogens (tertiary/aromatic N) is 1. The number of hydrogen-bond acceptors (Lipinski definition) is 3. The first-order valence-electron chi connectivity index (χ1n) is 6.55. The van der Waals surface area contributed by atoms with Crippen LogP contribution in [0.3, 0.4) is 0 Å². The van der Waals surface area contributed by atoms with Gasteiger partial charge in [-0.05, 0) is 37.1 Å². The van der Waals surface area contributed by atoms with Gasteiger partial charge >= 0.3 is 0 Å². The largest absolute Gasteiger partial charge is 0.494 e. The average molecular weight is 257 g/mol. The molecule has 0 amide bonds. The van der Waals surface area contributed by atoms with Gasteiger partial charge in [-0.2, -0.15) is 0 Å². The smallest absolute Gasteiger partial charge is 0.119 e. The van der Waals surface area contributed by atoms with Crippen LogP contribution in [0.5, 0.6) is 5.75 Å². The molecule has 0 aliphatic rings. The molecule has 2 aromatic rings. The molecule has 1 heterocycles. The molecular weight excluding hydrogens is 238 g/mol. The van der Waals surface area contributed by atoms with Crippen LogP contribution in [-0.2, 0) is 6.61 Å². The maximum Gasteiger partial charge on any atom is 0.119 e. The predicted molar refractivity (Wildman–Crippen MR) is 76.1 cm³/mol. The highest BCUT2D eigenvalue weighted by atomic mass is 16.5. The highest BCUT2D eigenvalue weighted by molar-refractivity contribution is 5.61. The molecule has 0 aliphatic carbocycles. The third kappa shape index (κ3) is 3.32. The lowest BCUT2D eigenvalue weighted by molar-refractivity contribution is 0.280. The first kappa shape index (κ1) is 13.6. The third-order valence-electron chi connectivity index (χ3n) is 2.97. The summed E-state index contributed by atoms with van der Waals surface area (Å²) in [5, 5.41) is 9.16. The van der Waals surface area contributed by atoms with E-state index in [-0.39, 0.29) is 6.61 Å². The molecule has 1 aromatic carbocycles. The number of hydrogen-bond donors (Lipinski definition) is 1. The Morgan fingerprint density at radius 1 is 1.21 bits per heavy atom. The van der Waals surface area contributed by atoms with Crippen molar-refractivity contribution in [1.29, 1.82) is 0 Å². The van der Waals surface area contributed by atoms with E-state index in [4.69, 9.17) is 9.84 Å². The Hall–Kier alpha value is -1.87. The second kappa shape index (κ2) is 6.34. The van der Waals surface area contributed by atoms with Gasteiger partial charge in [-0.15, -0.1) is 0 Å². The topological polar surface area (TPSA) is 42.4 Å². The molecule has 0 saturated carbocycles. The summed E-state index contributed by atoms with van der Waals surface area (Å²) >= 11 is 0. The van der Waals surface area contributed by atoms with Gasteiger partial charge < -0.3 is 9.84 Å². The molecule has 0 bridgehead atoms. The number of rotatable bonds is 5. The number of ether oxygens (including phenoxy) is 1. The number of aryl methyl sites for hydroxylation is 1. The number of aliphatic hydroxyl groups excluding tert-OH is 1. The molecule has 1 aromatic heterocycles. The zero-order valence-electron chi connectivity index (χ0n) is 11.4. The Labute approximate surface area is 113 Å². The van der Waals surface area contributed by atoms with Gasteiger partial charge in [0.1, 0.15) is 5.75 Å². The quantitative estimate of drug-likeness (QED) is 0.893.